The highest BCUT2D eigenvalue weighted by Crippen LogP contribution is 2.27. The highest BCUT2D eigenvalue weighted by Gasteiger charge is 2.31. The molecule has 2 unspecified atom stereocenters. The first-order valence-electron chi connectivity index (χ1n) is 5.80. The molecule has 2 fully saturated rings. The molecule has 2 aliphatic rings. The molecule has 1 heterocycles. The summed E-state index contributed by atoms with van der Waals surface area (Å²) in [5, 5.41) is 3.18. The van der Waals surface area contributed by atoms with Gasteiger partial charge < -0.3 is 15.0 Å². The summed E-state index contributed by atoms with van der Waals surface area (Å²) >= 11 is 0. The normalized spacial score (nSPS) is 32.8. The standard InChI is InChI=1S/C11H22N2O/c1-12-7-10-5-6-11(14-10)8-13(2)9-3-4-9/h9-12H,3-8H2,1-2H3. The van der Waals surface area contributed by atoms with Gasteiger partial charge in [-0.3, -0.25) is 0 Å². The molecule has 3 heteroatoms. The SMILES string of the molecule is CNCC1CCC(CN(C)C2CC2)O1. The summed E-state index contributed by atoms with van der Waals surface area (Å²) in [6.07, 6.45) is 6.19. The van der Waals surface area contributed by atoms with Gasteiger partial charge in [0.2, 0.25) is 0 Å². The fourth-order valence-corrected chi connectivity index (χ4v) is 2.28. The van der Waals surface area contributed by atoms with Gasteiger partial charge in [0.25, 0.3) is 0 Å². The Kier molecular flexibility index (Phi) is 3.42. The van der Waals surface area contributed by atoms with Crippen LogP contribution < -0.4 is 5.32 Å². The molecule has 82 valence electrons. The average molecular weight is 198 g/mol. The van der Waals surface area contributed by atoms with Crippen LogP contribution >= 0.6 is 0 Å². The molecule has 1 saturated carbocycles. The summed E-state index contributed by atoms with van der Waals surface area (Å²) in [7, 11) is 4.22. The molecule has 0 aromatic heterocycles. The van der Waals surface area contributed by atoms with Crippen LogP contribution in [0.15, 0.2) is 0 Å². The van der Waals surface area contributed by atoms with Crippen molar-refractivity contribution in [2.24, 2.45) is 0 Å². The zero-order valence-electron chi connectivity index (χ0n) is 9.33. The van der Waals surface area contributed by atoms with Crippen LogP contribution in [0.25, 0.3) is 0 Å². The van der Waals surface area contributed by atoms with E-state index in [0.29, 0.717) is 12.2 Å². The Hall–Kier alpha value is -0.120. The van der Waals surface area contributed by atoms with Gasteiger partial charge in [0, 0.05) is 19.1 Å². The minimum atomic E-state index is 0.456. The third-order valence-electron chi connectivity index (χ3n) is 3.29. The summed E-state index contributed by atoms with van der Waals surface area (Å²) in [4.78, 5) is 2.46. The number of hydrogen-bond donors (Lipinski definition) is 1. The number of likely N-dealkylation sites (N-methyl/N-ethyl adjacent to an activating group) is 2. The second-order valence-electron chi connectivity index (χ2n) is 4.69. The molecular weight excluding hydrogens is 176 g/mol. The zero-order valence-corrected chi connectivity index (χ0v) is 9.33. The first-order valence-corrected chi connectivity index (χ1v) is 5.80. The lowest BCUT2D eigenvalue weighted by Gasteiger charge is -2.20. The Balaban J connectivity index is 1.67. The molecule has 1 aliphatic heterocycles. The van der Waals surface area contributed by atoms with Crippen LogP contribution in [0.4, 0.5) is 0 Å². The van der Waals surface area contributed by atoms with Crippen molar-refractivity contribution < 1.29 is 4.74 Å². The maximum Gasteiger partial charge on any atom is 0.0707 e. The average Bonchev–Trinajstić information content (AvgIpc) is 2.92. The van der Waals surface area contributed by atoms with E-state index in [1.54, 1.807) is 0 Å². The van der Waals surface area contributed by atoms with Gasteiger partial charge in [-0.05, 0) is 39.8 Å². The zero-order chi connectivity index (χ0) is 9.97. The van der Waals surface area contributed by atoms with E-state index in [1.165, 1.54) is 25.7 Å². The summed E-state index contributed by atoms with van der Waals surface area (Å²) in [6.45, 7) is 2.13. The lowest BCUT2D eigenvalue weighted by molar-refractivity contribution is 0.0275. The minimum Gasteiger partial charge on any atom is -0.372 e. The van der Waals surface area contributed by atoms with E-state index in [0.717, 1.165) is 19.1 Å². The number of rotatable bonds is 5. The van der Waals surface area contributed by atoms with Crippen molar-refractivity contribution >= 4 is 0 Å². The van der Waals surface area contributed by atoms with Gasteiger partial charge in [0.1, 0.15) is 0 Å². The van der Waals surface area contributed by atoms with Crippen LogP contribution in [0.1, 0.15) is 25.7 Å². The van der Waals surface area contributed by atoms with E-state index < -0.39 is 0 Å². The molecule has 0 amide bonds. The molecule has 3 nitrogen and oxygen atoms in total. The van der Waals surface area contributed by atoms with Crippen LogP contribution in [0.5, 0.6) is 0 Å². The molecule has 0 aromatic rings. The lowest BCUT2D eigenvalue weighted by Crippen LogP contribution is -2.32. The Morgan fingerprint density at radius 2 is 1.93 bits per heavy atom. The quantitative estimate of drug-likeness (QED) is 0.709. The van der Waals surface area contributed by atoms with Crippen molar-refractivity contribution in [3.05, 3.63) is 0 Å². The van der Waals surface area contributed by atoms with Crippen molar-refractivity contribution in [2.45, 2.75) is 43.9 Å². The predicted octanol–water partition coefficient (Wildman–Crippen LogP) is 0.848. The molecule has 0 spiro atoms. The second kappa shape index (κ2) is 4.60. The fourth-order valence-electron chi connectivity index (χ4n) is 2.28. The summed E-state index contributed by atoms with van der Waals surface area (Å²) in [6, 6.07) is 0.863. The smallest absolute Gasteiger partial charge is 0.0707 e. The molecule has 2 rings (SSSR count). The summed E-state index contributed by atoms with van der Waals surface area (Å²) in [5.74, 6) is 0. The Bertz CT molecular complexity index is 182. The first kappa shape index (κ1) is 10.4. The maximum absolute atomic E-state index is 5.95. The van der Waals surface area contributed by atoms with Crippen LogP contribution in [-0.4, -0.2) is 50.3 Å². The molecule has 0 aromatic carbocycles. The van der Waals surface area contributed by atoms with Crippen LogP contribution in [0, 0.1) is 0 Å². The van der Waals surface area contributed by atoms with Crippen molar-refractivity contribution in [3.63, 3.8) is 0 Å². The predicted molar refractivity (Wildman–Crippen MR) is 57.5 cm³/mol. The number of nitrogens with zero attached hydrogens (tertiary/aromatic N) is 1. The van der Waals surface area contributed by atoms with Gasteiger partial charge in [-0.15, -0.1) is 0 Å². The summed E-state index contributed by atoms with van der Waals surface area (Å²) < 4.78 is 5.95. The van der Waals surface area contributed by atoms with E-state index in [4.69, 9.17) is 4.74 Å². The van der Waals surface area contributed by atoms with E-state index in [1.807, 2.05) is 7.05 Å². The molecule has 0 radical (unpaired) electrons. The number of ether oxygens (including phenoxy) is 1. The van der Waals surface area contributed by atoms with Crippen molar-refractivity contribution in [2.75, 3.05) is 27.2 Å². The van der Waals surface area contributed by atoms with Gasteiger partial charge >= 0.3 is 0 Å². The van der Waals surface area contributed by atoms with E-state index in [9.17, 15) is 0 Å². The highest BCUT2D eigenvalue weighted by molar-refractivity contribution is 4.85. The summed E-state index contributed by atoms with van der Waals surface area (Å²) in [5.41, 5.74) is 0. The van der Waals surface area contributed by atoms with Crippen LogP contribution in [0.2, 0.25) is 0 Å². The second-order valence-corrected chi connectivity index (χ2v) is 4.69. The number of hydrogen-bond acceptors (Lipinski definition) is 3. The van der Waals surface area contributed by atoms with Gasteiger partial charge in [-0.1, -0.05) is 0 Å². The van der Waals surface area contributed by atoms with Gasteiger partial charge in [-0.2, -0.15) is 0 Å². The monoisotopic (exact) mass is 198 g/mol. The van der Waals surface area contributed by atoms with E-state index in [-0.39, 0.29) is 0 Å². The largest absolute Gasteiger partial charge is 0.372 e. The first-order chi connectivity index (χ1) is 6.79. The Morgan fingerprint density at radius 1 is 1.21 bits per heavy atom. The van der Waals surface area contributed by atoms with Crippen molar-refractivity contribution in [3.8, 4) is 0 Å². The topological polar surface area (TPSA) is 24.5 Å². The lowest BCUT2D eigenvalue weighted by atomic mass is 10.2. The number of nitrogens with one attached hydrogen (secondary N) is 1. The third kappa shape index (κ3) is 2.69. The van der Waals surface area contributed by atoms with Crippen LogP contribution in [0.3, 0.4) is 0 Å². The van der Waals surface area contributed by atoms with E-state index in [2.05, 4.69) is 17.3 Å². The molecule has 1 aliphatic carbocycles. The molecule has 1 saturated heterocycles. The molecule has 0 bridgehead atoms. The van der Waals surface area contributed by atoms with Gasteiger partial charge in [0.15, 0.2) is 0 Å². The van der Waals surface area contributed by atoms with Crippen molar-refractivity contribution in [1.82, 2.24) is 10.2 Å². The highest BCUT2D eigenvalue weighted by atomic mass is 16.5. The molecule has 14 heavy (non-hydrogen) atoms. The Morgan fingerprint density at radius 3 is 2.57 bits per heavy atom. The van der Waals surface area contributed by atoms with Crippen molar-refractivity contribution in [1.29, 1.82) is 0 Å². The van der Waals surface area contributed by atoms with Gasteiger partial charge in [-0.25, -0.2) is 0 Å². The third-order valence-corrected chi connectivity index (χ3v) is 3.29. The molecular formula is C11H22N2O. The Labute approximate surface area is 86.8 Å². The van der Waals surface area contributed by atoms with E-state index >= 15 is 0 Å². The maximum atomic E-state index is 5.95. The molecule has 1 N–H and O–H groups in total. The van der Waals surface area contributed by atoms with Crippen LogP contribution in [-0.2, 0) is 4.74 Å². The fraction of sp³-hybridized carbons (Fsp3) is 1.00. The minimum absolute atomic E-state index is 0.456. The van der Waals surface area contributed by atoms with Gasteiger partial charge in [0.05, 0.1) is 12.2 Å². The molecule has 2 atom stereocenters.